The Balaban J connectivity index is 1.51. The first-order valence-corrected chi connectivity index (χ1v) is 20.3. The lowest BCUT2D eigenvalue weighted by Crippen LogP contribution is -2.48. The molecule has 0 aromatic rings. The normalized spacial score (nSPS) is 19.8. The fourth-order valence-corrected chi connectivity index (χ4v) is 7.12. The average molecular weight is 663 g/mol. The van der Waals surface area contributed by atoms with Crippen LogP contribution in [0.15, 0.2) is 11.3 Å². The summed E-state index contributed by atoms with van der Waals surface area (Å²) in [6.07, 6.45) is 24.6. The third kappa shape index (κ3) is 16.8. The van der Waals surface area contributed by atoms with Crippen LogP contribution in [0, 0.1) is 11.8 Å². The van der Waals surface area contributed by atoms with Crippen molar-refractivity contribution in [3.8, 4) is 0 Å². The summed E-state index contributed by atoms with van der Waals surface area (Å²) in [7, 11) is 0. The second-order valence-electron chi connectivity index (χ2n) is 14.6. The first-order valence-electron chi connectivity index (χ1n) is 20.3. The lowest BCUT2D eigenvalue weighted by Gasteiger charge is -2.38. The van der Waals surface area contributed by atoms with Gasteiger partial charge in [0.15, 0.2) is 6.29 Å². The lowest BCUT2D eigenvalue weighted by molar-refractivity contribution is -0.148. The monoisotopic (exact) mass is 663 g/mol. The van der Waals surface area contributed by atoms with Crippen molar-refractivity contribution in [2.75, 3.05) is 52.5 Å². The van der Waals surface area contributed by atoms with Crippen LogP contribution in [-0.4, -0.2) is 80.8 Å². The molecule has 0 radical (unpaired) electrons. The molecular weight excluding hydrogens is 588 g/mol. The van der Waals surface area contributed by atoms with E-state index in [-0.39, 0.29) is 18.5 Å². The van der Waals surface area contributed by atoms with Crippen molar-refractivity contribution in [2.45, 2.75) is 175 Å². The predicted molar refractivity (Wildman–Crippen MR) is 194 cm³/mol. The van der Waals surface area contributed by atoms with Gasteiger partial charge in [-0.05, 0) is 88.3 Å². The molecule has 0 aromatic heterocycles. The van der Waals surface area contributed by atoms with Gasteiger partial charge in [-0.2, -0.15) is 0 Å². The molecule has 274 valence electrons. The highest BCUT2D eigenvalue weighted by atomic mass is 16.7. The van der Waals surface area contributed by atoms with Crippen LogP contribution in [0.1, 0.15) is 163 Å². The minimum absolute atomic E-state index is 0.0344. The molecular formula is C40H74N2O5. The molecule has 0 bridgehead atoms. The molecule has 2 saturated carbocycles. The van der Waals surface area contributed by atoms with Gasteiger partial charge in [0, 0.05) is 39.1 Å². The number of likely N-dealkylation sites (tertiary alicyclic amines) is 1. The number of amides is 1. The van der Waals surface area contributed by atoms with E-state index in [9.17, 15) is 4.79 Å². The third-order valence-electron chi connectivity index (χ3n) is 10.6. The zero-order valence-corrected chi connectivity index (χ0v) is 31.3. The van der Waals surface area contributed by atoms with Gasteiger partial charge in [-0.3, -0.25) is 0 Å². The first-order chi connectivity index (χ1) is 23.1. The van der Waals surface area contributed by atoms with Crippen molar-refractivity contribution < 1.29 is 23.7 Å². The Kier molecular flexibility index (Phi) is 21.1. The number of carbonyl (C=O) groups is 1. The van der Waals surface area contributed by atoms with Gasteiger partial charge in [0.1, 0.15) is 6.10 Å². The Labute approximate surface area is 289 Å². The fourth-order valence-electron chi connectivity index (χ4n) is 7.12. The van der Waals surface area contributed by atoms with Gasteiger partial charge >= 0.3 is 6.09 Å². The van der Waals surface area contributed by atoms with E-state index >= 15 is 0 Å². The molecule has 2 atom stereocenters. The van der Waals surface area contributed by atoms with Gasteiger partial charge in [-0.15, -0.1) is 0 Å². The van der Waals surface area contributed by atoms with Crippen molar-refractivity contribution in [3.63, 3.8) is 0 Å². The molecule has 3 rings (SSSR count). The summed E-state index contributed by atoms with van der Waals surface area (Å²) < 4.78 is 25.4. The number of hydrogen-bond acceptors (Lipinski definition) is 6. The predicted octanol–water partition coefficient (Wildman–Crippen LogP) is 10.3. The molecule has 1 heterocycles. The van der Waals surface area contributed by atoms with Gasteiger partial charge in [0.2, 0.25) is 0 Å². The maximum atomic E-state index is 13.2. The molecule has 7 heteroatoms. The molecule has 3 aliphatic rings. The van der Waals surface area contributed by atoms with Crippen LogP contribution in [0.25, 0.3) is 0 Å². The number of hydrogen-bond donors (Lipinski definition) is 0. The summed E-state index contributed by atoms with van der Waals surface area (Å²) in [6.45, 7) is 15.4. The quantitative estimate of drug-likeness (QED) is 0.0472. The summed E-state index contributed by atoms with van der Waals surface area (Å²) in [5.74, 6) is 2.40. The molecule has 3 fully saturated rings. The zero-order chi connectivity index (χ0) is 33.5. The number of unbranched alkanes of at least 4 members (excludes halogenated alkanes) is 10. The molecule has 7 nitrogen and oxygen atoms in total. The first kappa shape index (κ1) is 40.1. The summed E-state index contributed by atoms with van der Waals surface area (Å²) in [5, 5.41) is 0. The standard InChI is InChI=1S/C40H74N2O5/c1-5-9-11-13-15-17-28-44-39(45-29-18-16-14-12-10-6-2)26-25-38(35-21-19-22-35)47-37-31-36(34-23-24-34)32-42(33-37)40(43)46-30-20-27-41(7-3)8-4/h34,36-37,39H,5-33H2,1-4H3. The van der Waals surface area contributed by atoms with E-state index in [1.807, 2.05) is 4.90 Å². The summed E-state index contributed by atoms with van der Waals surface area (Å²) >= 11 is 0. The van der Waals surface area contributed by atoms with Crippen molar-refractivity contribution >= 4 is 6.09 Å². The molecule has 1 aliphatic heterocycles. The fraction of sp³-hybridized carbons (Fsp3) is 0.925. The minimum Gasteiger partial charge on any atom is -0.493 e. The van der Waals surface area contributed by atoms with Gasteiger partial charge < -0.3 is 28.7 Å². The lowest BCUT2D eigenvalue weighted by atomic mass is 9.89. The molecule has 2 aliphatic carbocycles. The van der Waals surface area contributed by atoms with E-state index in [2.05, 4.69) is 32.6 Å². The van der Waals surface area contributed by atoms with Crippen molar-refractivity contribution in [1.29, 1.82) is 0 Å². The van der Waals surface area contributed by atoms with E-state index in [4.69, 9.17) is 18.9 Å². The summed E-state index contributed by atoms with van der Waals surface area (Å²) in [4.78, 5) is 17.5. The molecule has 0 spiro atoms. The molecule has 1 amide bonds. The highest BCUT2D eigenvalue weighted by Crippen LogP contribution is 2.42. The van der Waals surface area contributed by atoms with Crippen LogP contribution in [0.2, 0.25) is 0 Å². The second kappa shape index (κ2) is 24.8. The highest BCUT2D eigenvalue weighted by Gasteiger charge is 2.40. The van der Waals surface area contributed by atoms with Crippen LogP contribution in [0.4, 0.5) is 4.79 Å². The van der Waals surface area contributed by atoms with Crippen LogP contribution in [0.5, 0.6) is 0 Å². The SMILES string of the molecule is CCCCCCCCOC(CCC(OC1CC(C2CC2)CN(C(=O)OCCCN(CC)CC)C1)=C1CCC1)OCCCCCCCC. The highest BCUT2D eigenvalue weighted by molar-refractivity contribution is 5.67. The van der Waals surface area contributed by atoms with E-state index in [0.717, 1.165) is 102 Å². The molecule has 47 heavy (non-hydrogen) atoms. The number of nitrogens with zero attached hydrogens (tertiary/aromatic N) is 2. The average Bonchev–Trinajstić information content (AvgIpc) is 3.91. The largest absolute Gasteiger partial charge is 0.493 e. The molecule has 2 unspecified atom stereocenters. The number of allylic oxidation sites excluding steroid dienone is 2. The number of rotatable bonds is 28. The Morgan fingerprint density at radius 2 is 1.38 bits per heavy atom. The van der Waals surface area contributed by atoms with Gasteiger partial charge in [-0.25, -0.2) is 4.79 Å². The van der Waals surface area contributed by atoms with Crippen molar-refractivity contribution in [2.24, 2.45) is 11.8 Å². The number of carbonyl (C=O) groups excluding carboxylic acids is 1. The Hall–Kier alpha value is -1.31. The van der Waals surface area contributed by atoms with E-state index < -0.39 is 0 Å². The van der Waals surface area contributed by atoms with E-state index in [0.29, 0.717) is 19.1 Å². The van der Waals surface area contributed by atoms with E-state index in [1.54, 1.807) is 0 Å². The van der Waals surface area contributed by atoms with Gasteiger partial charge in [0.05, 0.1) is 18.9 Å². The summed E-state index contributed by atoms with van der Waals surface area (Å²) in [5.41, 5.74) is 1.47. The second-order valence-corrected chi connectivity index (χ2v) is 14.6. The van der Waals surface area contributed by atoms with Gasteiger partial charge in [-0.1, -0.05) is 91.9 Å². The Morgan fingerprint density at radius 1 is 0.766 bits per heavy atom. The van der Waals surface area contributed by atoms with Crippen LogP contribution in [-0.2, 0) is 18.9 Å². The summed E-state index contributed by atoms with van der Waals surface area (Å²) in [6, 6.07) is 0. The maximum Gasteiger partial charge on any atom is 0.409 e. The Morgan fingerprint density at radius 3 is 1.94 bits per heavy atom. The minimum atomic E-state index is -0.172. The van der Waals surface area contributed by atoms with E-state index in [1.165, 1.54) is 89.0 Å². The Bertz CT molecular complexity index is 818. The number of piperidine rings is 1. The van der Waals surface area contributed by atoms with Crippen molar-refractivity contribution in [1.82, 2.24) is 9.80 Å². The van der Waals surface area contributed by atoms with Crippen LogP contribution < -0.4 is 0 Å². The van der Waals surface area contributed by atoms with Crippen molar-refractivity contribution in [3.05, 3.63) is 11.3 Å². The smallest absolute Gasteiger partial charge is 0.409 e. The number of ether oxygens (including phenoxy) is 4. The van der Waals surface area contributed by atoms with Crippen LogP contribution in [0.3, 0.4) is 0 Å². The maximum absolute atomic E-state index is 13.2. The third-order valence-corrected chi connectivity index (χ3v) is 10.6. The van der Waals surface area contributed by atoms with Crippen LogP contribution >= 0.6 is 0 Å². The zero-order valence-electron chi connectivity index (χ0n) is 31.3. The van der Waals surface area contributed by atoms with Gasteiger partial charge in [0.25, 0.3) is 0 Å². The molecule has 0 aromatic carbocycles. The molecule has 0 N–H and O–H groups in total. The molecule has 1 saturated heterocycles. The topological polar surface area (TPSA) is 60.5 Å².